The molecule has 1 N–H and O–H groups in total. The van der Waals surface area contributed by atoms with E-state index in [-0.39, 0.29) is 10.9 Å². The van der Waals surface area contributed by atoms with Crippen LogP contribution in [0.5, 0.6) is 0 Å². The highest BCUT2D eigenvalue weighted by Gasteiger charge is 2.27. The molecule has 1 aromatic heterocycles. The van der Waals surface area contributed by atoms with Gasteiger partial charge in [0.05, 0.1) is 17.6 Å². The number of hydrogen-bond donors (Lipinski definition) is 1. The van der Waals surface area contributed by atoms with Crippen LogP contribution in [0, 0.1) is 0 Å². The molecule has 21 heavy (non-hydrogen) atoms. The predicted octanol–water partition coefficient (Wildman–Crippen LogP) is 2.34. The number of fused-ring (bicyclic) bond motifs is 1. The van der Waals surface area contributed by atoms with Gasteiger partial charge in [0.2, 0.25) is 5.96 Å². The number of hydrogen-bond acceptors (Lipinski definition) is 5. The van der Waals surface area contributed by atoms with Crippen LogP contribution in [0.4, 0.5) is 11.4 Å². The lowest BCUT2D eigenvalue weighted by atomic mass is 10.3. The minimum absolute atomic E-state index is 0.107. The largest absolute Gasteiger partial charge is 0.324 e. The summed E-state index contributed by atoms with van der Waals surface area (Å²) >= 11 is 5.92. The Labute approximate surface area is 127 Å². The lowest BCUT2D eigenvalue weighted by Crippen LogP contribution is -2.36. The number of guanidine groups is 1. The molecule has 2 heterocycles. The van der Waals surface area contributed by atoms with Crippen LogP contribution >= 0.6 is 11.6 Å². The molecular weight excluding hydrogens is 312 g/mol. The molecule has 108 valence electrons. The fourth-order valence-corrected chi connectivity index (χ4v) is 3.24. The van der Waals surface area contributed by atoms with E-state index in [4.69, 9.17) is 11.6 Å². The first-order chi connectivity index (χ1) is 9.97. The fourth-order valence-electron chi connectivity index (χ4n) is 1.95. The zero-order chi connectivity index (χ0) is 15.0. The number of halogens is 1. The maximum absolute atomic E-state index is 12.2. The molecule has 0 spiro atoms. The van der Waals surface area contributed by atoms with Crippen molar-refractivity contribution in [3.05, 3.63) is 47.7 Å². The first-order valence-corrected chi connectivity index (χ1v) is 7.84. The average molecular weight is 323 g/mol. The van der Waals surface area contributed by atoms with Crippen molar-refractivity contribution in [3.63, 3.8) is 0 Å². The molecule has 0 saturated heterocycles. The second-order valence-corrected chi connectivity index (χ2v) is 6.43. The van der Waals surface area contributed by atoms with Gasteiger partial charge in [0.15, 0.2) is 0 Å². The maximum Gasteiger partial charge on any atom is 0.287 e. The van der Waals surface area contributed by atoms with E-state index < -0.39 is 10.0 Å². The number of rotatable bonds is 1. The van der Waals surface area contributed by atoms with Gasteiger partial charge in [0.25, 0.3) is 10.0 Å². The fraction of sp³-hybridized carbons (Fsp3) is 0.0769. The highest BCUT2D eigenvalue weighted by Crippen LogP contribution is 2.30. The SMILES string of the molecule is CN(C1=NS(=O)(=O)c2ccc(Cl)cc2N1)c1cccnc1. The smallest absolute Gasteiger partial charge is 0.287 e. The molecule has 0 atom stereocenters. The quantitative estimate of drug-likeness (QED) is 0.872. The van der Waals surface area contributed by atoms with Crippen molar-refractivity contribution in [2.24, 2.45) is 4.40 Å². The minimum atomic E-state index is -3.76. The van der Waals surface area contributed by atoms with Gasteiger partial charge in [-0.2, -0.15) is 8.42 Å². The maximum atomic E-state index is 12.2. The number of benzene rings is 1. The topological polar surface area (TPSA) is 74.7 Å². The molecular formula is C13H11ClN4O2S. The number of nitrogens with zero attached hydrogens (tertiary/aromatic N) is 3. The molecule has 0 unspecified atom stereocenters. The zero-order valence-electron chi connectivity index (χ0n) is 11.0. The Morgan fingerprint density at radius 1 is 1.29 bits per heavy atom. The van der Waals surface area contributed by atoms with Gasteiger partial charge in [-0.3, -0.25) is 4.98 Å². The summed E-state index contributed by atoms with van der Waals surface area (Å²) in [4.78, 5) is 5.71. The van der Waals surface area contributed by atoms with Gasteiger partial charge in [-0.05, 0) is 30.3 Å². The highest BCUT2D eigenvalue weighted by molar-refractivity contribution is 7.90. The van der Waals surface area contributed by atoms with Crippen LogP contribution in [0.1, 0.15) is 0 Å². The Balaban J connectivity index is 2.05. The van der Waals surface area contributed by atoms with Gasteiger partial charge < -0.3 is 10.2 Å². The van der Waals surface area contributed by atoms with Crippen molar-refractivity contribution in [2.45, 2.75) is 4.90 Å². The normalized spacial score (nSPS) is 15.6. The summed E-state index contributed by atoms with van der Waals surface area (Å²) in [7, 11) is -2.05. The number of sulfonamides is 1. The lowest BCUT2D eigenvalue weighted by molar-refractivity contribution is 0.597. The van der Waals surface area contributed by atoms with Gasteiger partial charge in [-0.1, -0.05) is 11.6 Å². The van der Waals surface area contributed by atoms with E-state index in [1.165, 1.54) is 12.1 Å². The minimum Gasteiger partial charge on any atom is -0.324 e. The van der Waals surface area contributed by atoms with E-state index in [0.29, 0.717) is 16.4 Å². The van der Waals surface area contributed by atoms with E-state index in [0.717, 1.165) is 0 Å². The Morgan fingerprint density at radius 3 is 2.81 bits per heavy atom. The molecule has 0 bridgehead atoms. The van der Waals surface area contributed by atoms with Crippen LogP contribution < -0.4 is 10.2 Å². The molecule has 1 aliphatic rings. The first-order valence-electron chi connectivity index (χ1n) is 6.03. The third-order valence-electron chi connectivity index (χ3n) is 3.02. The molecule has 8 heteroatoms. The number of anilines is 2. The summed E-state index contributed by atoms with van der Waals surface area (Å²) in [6.45, 7) is 0. The lowest BCUT2D eigenvalue weighted by Gasteiger charge is -2.25. The molecule has 3 rings (SSSR count). The summed E-state index contributed by atoms with van der Waals surface area (Å²) < 4.78 is 28.2. The van der Waals surface area contributed by atoms with Crippen molar-refractivity contribution < 1.29 is 8.42 Å². The molecule has 0 aliphatic carbocycles. The summed E-state index contributed by atoms with van der Waals surface area (Å²) in [6, 6.07) is 8.07. The number of pyridine rings is 1. The van der Waals surface area contributed by atoms with Crippen molar-refractivity contribution in [3.8, 4) is 0 Å². The van der Waals surface area contributed by atoms with Crippen molar-refractivity contribution in [2.75, 3.05) is 17.3 Å². The van der Waals surface area contributed by atoms with Crippen LogP contribution in [0.3, 0.4) is 0 Å². The van der Waals surface area contributed by atoms with Crippen LogP contribution in [0.25, 0.3) is 0 Å². The second kappa shape index (κ2) is 5.01. The van der Waals surface area contributed by atoms with Gasteiger partial charge in [0, 0.05) is 18.3 Å². The van der Waals surface area contributed by atoms with Gasteiger partial charge >= 0.3 is 0 Å². The Bertz CT molecular complexity index is 821. The Kier molecular flexibility index (Phi) is 3.30. The van der Waals surface area contributed by atoms with Gasteiger partial charge in [0.1, 0.15) is 4.90 Å². The van der Waals surface area contributed by atoms with E-state index >= 15 is 0 Å². The summed E-state index contributed by atoms with van der Waals surface area (Å²) in [5.74, 6) is 0.192. The standard InChI is InChI=1S/C13H11ClN4O2S/c1-18(10-3-2-6-15-8-10)13-16-11-7-9(14)4-5-12(11)21(19,20)17-13/h2-8H,1H3,(H,16,17). The summed E-state index contributed by atoms with van der Waals surface area (Å²) in [5.41, 5.74) is 1.12. The van der Waals surface area contributed by atoms with E-state index in [1.54, 1.807) is 42.5 Å². The second-order valence-electron chi connectivity index (χ2n) is 4.43. The van der Waals surface area contributed by atoms with Crippen LogP contribution in [0.15, 0.2) is 52.0 Å². The van der Waals surface area contributed by atoms with Gasteiger partial charge in [-0.15, -0.1) is 4.40 Å². The zero-order valence-corrected chi connectivity index (χ0v) is 12.6. The van der Waals surface area contributed by atoms with Crippen molar-refractivity contribution in [1.82, 2.24) is 4.98 Å². The van der Waals surface area contributed by atoms with E-state index in [2.05, 4.69) is 14.7 Å². The van der Waals surface area contributed by atoms with Crippen LogP contribution in [0.2, 0.25) is 5.02 Å². The molecule has 2 aromatic rings. The molecule has 0 saturated carbocycles. The third kappa shape index (κ3) is 2.57. The Morgan fingerprint density at radius 2 is 2.10 bits per heavy atom. The van der Waals surface area contributed by atoms with E-state index in [1.807, 2.05) is 0 Å². The van der Waals surface area contributed by atoms with E-state index in [9.17, 15) is 8.42 Å². The van der Waals surface area contributed by atoms with Crippen molar-refractivity contribution in [1.29, 1.82) is 0 Å². The molecule has 0 fully saturated rings. The summed E-state index contributed by atoms with van der Waals surface area (Å²) in [5, 5.41) is 3.42. The predicted molar refractivity (Wildman–Crippen MR) is 82.3 cm³/mol. The number of nitrogens with one attached hydrogen (secondary N) is 1. The molecule has 0 amide bonds. The number of aromatic nitrogens is 1. The van der Waals surface area contributed by atoms with Crippen molar-refractivity contribution >= 4 is 39.0 Å². The highest BCUT2D eigenvalue weighted by atomic mass is 35.5. The van der Waals surface area contributed by atoms with Crippen LogP contribution in [-0.2, 0) is 10.0 Å². The van der Waals surface area contributed by atoms with Crippen LogP contribution in [-0.4, -0.2) is 26.4 Å². The Hall–Kier alpha value is -2.12. The third-order valence-corrected chi connectivity index (χ3v) is 4.58. The molecule has 0 radical (unpaired) electrons. The first kappa shape index (κ1) is 13.8. The van der Waals surface area contributed by atoms with Gasteiger partial charge in [-0.25, -0.2) is 0 Å². The summed E-state index contributed by atoms with van der Waals surface area (Å²) in [6.07, 6.45) is 3.25. The average Bonchev–Trinajstić information content (AvgIpc) is 2.46. The molecule has 1 aromatic carbocycles. The molecule has 6 nitrogen and oxygen atoms in total. The monoisotopic (exact) mass is 322 g/mol. The molecule has 1 aliphatic heterocycles.